The number of thiophene rings is 1. The van der Waals surface area contributed by atoms with E-state index in [0.717, 1.165) is 27.4 Å². The van der Waals surface area contributed by atoms with E-state index in [1.807, 2.05) is 29.6 Å². The first-order chi connectivity index (χ1) is 15.2. The molecular weight excluding hydrogens is 411 g/mol. The quantitative estimate of drug-likeness (QED) is 0.515. The fourth-order valence-corrected chi connectivity index (χ4v) is 4.94. The highest BCUT2D eigenvalue weighted by molar-refractivity contribution is 7.13. The van der Waals surface area contributed by atoms with Crippen LogP contribution in [-0.4, -0.2) is 22.0 Å². The second kappa shape index (κ2) is 7.82. The zero-order valence-electron chi connectivity index (χ0n) is 16.4. The largest absolute Gasteiger partial charge is 0.352 e. The van der Waals surface area contributed by atoms with Gasteiger partial charge in [-0.05, 0) is 41.3 Å². The molecule has 7 heteroatoms. The number of nitrogens with zero attached hydrogens (tertiary/aromatic N) is 3. The molecule has 0 saturated heterocycles. The first-order valence-corrected chi connectivity index (χ1v) is 10.7. The van der Waals surface area contributed by atoms with Crippen LogP contribution < -0.4 is 5.32 Å². The van der Waals surface area contributed by atoms with Crippen molar-refractivity contribution in [1.29, 1.82) is 5.26 Å². The first-order valence-electron chi connectivity index (χ1n) is 9.83. The van der Waals surface area contributed by atoms with Crippen LogP contribution in [0.4, 0.5) is 4.39 Å². The molecule has 31 heavy (non-hydrogen) atoms. The Bertz CT molecular complexity index is 1320. The van der Waals surface area contributed by atoms with Crippen LogP contribution in [0.2, 0.25) is 0 Å². The number of hydrogen-bond donors (Lipinski definition) is 1. The zero-order chi connectivity index (χ0) is 21.4. The van der Waals surface area contributed by atoms with Gasteiger partial charge in [0, 0.05) is 53.6 Å². The van der Waals surface area contributed by atoms with Crippen LogP contribution in [0.25, 0.3) is 21.7 Å². The lowest BCUT2D eigenvalue weighted by atomic mass is 10.00. The maximum Gasteiger partial charge on any atom is 0.253 e. The molecule has 0 aliphatic carbocycles. The molecule has 0 fully saturated rings. The molecule has 4 heterocycles. The van der Waals surface area contributed by atoms with E-state index in [1.165, 1.54) is 12.1 Å². The highest BCUT2D eigenvalue weighted by Crippen LogP contribution is 2.42. The minimum absolute atomic E-state index is 0.0988. The molecule has 3 aromatic heterocycles. The van der Waals surface area contributed by atoms with Crippen molar-refractivity contribution in [2.45, 2.75) is 13.0 Å². The molecular formula is C24H17FN4OS. The van der Waals surface area contributed by atoms with Gasteiger partial charge in [0.1, 0.15) is 5.82 Å². The van der Waals surface area contributed by atoms with Crippen LogP contribution in [0.5, 0.6) is 0 Å². The number of nitriles is 1. The van der Waals surface area contributed by atoms with Crippen molar-refractivity contribution in [3.05, 3.63) is 88.4 Å². The van der Waals surface area contributed by atoms with Crippen LogP contribution in [0, 0.1) is 17.1 Å². The molecule has 1 aromatic carbocycles. The third-order valence-electron chi connectivity index (χ3n) is 5.49. The summed E-state index contributed by atoms with van der Waals surface area (Å²) < 4.78 is 15.8. The summed E-state index contributed by atoms with van der Waals surface area (Å²) in [6.07, 6.45) is 4.12. The molecule has 4 aromatic rings. The minimum Gasteiger partial charge on any atom is -0.352 e. The minimum atomic E-state index is -0.442. The van der Waals surface area contributed by atoms with Crippen molar-refractivity contribution in [3.63, 3.8) is 0 Å². The Labute approximate surface area is 182 Å². The van der Waals surface area contributed by atoms with Gasteiger partial charge in [0.05, 0.1) is 22.9 Å². The van der Waals surface area contributed by atoms with Crippen molar-refractivity contribution in [1.82, 2.24) is 14.9 Å². The lowest BCUT2D eigenvalue weighted by Gasteiger charge is -2.18. The molecule has 0 radical (unpaired) electrons. The summed E-state index contributed by atoms with van der Waals surface area (Å²) in [7, 11) is 0. The van der Waals surface area contributed by atoms with Crippen molar-refractivity contribution >= 4 is 17.2 Å². The van der Waals surface area contributed by atoms with Gasteiger partial charge in [-0.15, -0.1) is 11.3 Å². The maximum atomic E-state index is 13.7. The van der Waals surface area contributed by atoms with Gasteiger partial charge in [0.25, 0.3) is 5.91 Å². The highest BCUT2D eigenvalue weighted by Gasteiger charge is 2.31. The Hall–Kier alpha value is -3.76. The summed E-state index contributed by atoms with van der Waals surface area (Å²) in [5.74, 6) is -0.541. The Kier molecular flexibility index (Phi) is 4.85. The standard InChI is InChI=1S/C24H17FN4OS/c25-18-4-3-16(17(12-18)13-26)14-29-19-7-10-28-24(30)21(19)22(20-2-1-11-31-20)23(29)15-5-8-27-9-6-15/h1-6,8-9,11-12H,7,10,14H2,(H,28,30). The number of amides is 1. The lowest BCUT2D eigenvalue weighted by Crippen LogP contribution is -2.32. The number of carbonyl (C=O) groups excluding carboxylic acids is 1. The number of hydrogen-bond acceptors (Lipinski definition) is 4. The van der Waals surface area contributed by atoms with Crippen LogP contribution in [-0.2, 0) is 13.0 Å². The SMILES string of the molecule is N#Cc1cc(F)ccc1Cn1c2c(c(-c3cccs3)c1-c1ccncc1)C(=O)NCC2. The third-order valence-corrected chi connectivity index (χ3v) is 6.38. The monoisotopic (exact) mass is 428 g/mol. The van der Waals surface area contributed by atoms with E-state index in [2.05, 4.69) is 20.9 Å². The summed E-state index contributed by atoms with van der Waals surface area (Å²) in [6.45, 7) is 0.909. The fourth-order valence-electron chi connectivity index (χ4n) is 4.16. The molecule has 5 nitrogen and oxygen atoms in total. The average Bonchev–Trinajstić information content (AvgIpc) is 3.42. The van der Waals surface area contributed by atoms with Crippen molar-refractivity contribution in [3.8, 4) is 27.8 Å². The summed E-state index contributed by atoms with van der Waals surface area (Å²) >= 11 is 1.58. The van der Waals surface area contributed by atoms with Gasteiger partial charge >= 0.3 is 0 Å². The molecule has 0 spiro atoms. The number of halogens is 1. The van der Waals surface area contributed by atoms with E-state index in [0.29, 0.717) is 36.2 Å². The van der Waals surface area contributed by atoms with Gasteiger partial charge in [-0.2, -0.15) is 5.26 Å². The molecule has 0 saturated carbocycles. The van der Waals surface area contributed by atoms with Crippen LogP contribution in [0.15, 0.2) is 60.2 Å². The summed E-state index contributed by atoms with van der Waals surface area (Å²) in [6, 6.07) is 14.2. The normalized spacial score (nSPS) is 12.8. The predicted molar refractivity (Wildman–Crippen MR) is 117 cm³/mol. The highest BCUT2D eigenvalue weighted by atomic mass is 32.1. The Morgan fingerprint density at radius 3 is 2.77 bits per heavy atom. The maximum absolute atomic E-state index is 13.7. The van der Waals surface area contributed by atoms with Crippen LogP contribution >= 0.6 is 11.3 Å². The zero-order valence-corrected chi connectivity index (χ0v) is 17.2. The molecule has 1 aliphatic rings. The van der Waals surface area contributed by atoms with Gasteiger partial charge in [0.2, 0.25) is 0 Å². The Balaban J connectivity index is 1.81. The van der Waals surface area contributed by atoms with Crippen molar-refractivity contribution in [2.24, 2.45) is 0 Å². The lowest BCUT2D eigenvalue weighted by molar-refractivity contribution is 0.0946. The summed E-state index contributed by atoms with van der Waals surface area (Å²) in [5, 5.41) is 14.5. The number of pyridine rings is 1. The number of fused-ring (bicyclic) bond motifs is 1. The predicted octanol–water partition coefficient (Wildman–Crippen LogP) is 4.62. The first kappa shape index (κ1) is 19.2. The number of nitrogens with one attached hydrogen (secondary N) is 1. The van der Waals surface area contributed by atoms with Crippen LogP contribution in [0.1, 0.15) is 27.2 Å². The van der Waals surface area contributed by atoms with Gasteiger partial charge in [-0.1, -0.05) is 12.1 Å². The van der Waals surface area contributed by atoms with E-state index in [-0.39, 0.29) is 5.91 Å². The second-order valence-electron chi connectivity index (χ2n) is 7.26. The number of rotatable bonds is 4. The van der Waals surface area contributed by atoms with E-state index in [9.17, 15) is 14.4 Å². The second-order valence-corrected chi connectivity index (χ2v) is 8.21. The average molecular weight is 428 g/mol. The molecule has 1 aliphatic heterocycles. The third kappa shape index (κ3) is 3.31. The fraction of sp³-hybridized carbons (Fsp3) is 0.125. The molecule has 1 N–H and O–H groups in total. The molecule has 0 atom stereocenters. The summed E-state index contributed by atoms with van der Waals surface area (Å²) in [5.41, 5.74) is 5.31. The molecule has 0 unspecified atom stereocenters. The van der Waals surface area contributed by atoms with Gasteiger partial charge in [0.15, 0.2) is 0 Å². The number of aromatic nitrogens is 2. The molecule has 152 valence electrons. The Morgan fingerprint density at radius 2 is 2.03 bits per heavy atom. The van der Waals surface area contributed by atoms with E-state index in [4.69, 9.17) is 0 Å². The van der Waals surface area contributed by atoms with Gasteiger partial charge in [-0.3, -0.25) is 9.78 Å². The number of benzene rings is 1. The van der Waals surface area contributed by atoms with Gasteiger partial charge in [-0.25, -0.2) is 4.39 Å². The smallest absolute Gasteiger partial charge is 0.253 e. The molecule has 0 bridgehead atoms. The van der Waals surface area contributed by atoms with Crippen LogP contribution in [0.3, 0.4) is 0 Å². The van der Waals surface area contributed by atoms with E-state index < -0.39 is 5.82 Å². The van der Waals surface area contributed by atoms with Crippen molar-refractivity contribution < 1.29 is 9.18 Å². The van der Waals surface area contributed by atoms with E-state index >= 15 is 0 Å². The molecule has 1 amide bonds. The Morgan fingerprint density at radius 1 is 1.19 bits per heavy atom. The topological polar surface area (TPSA) is 70.7 Å². The van der Waals surface area contributed by atoms with Gasteiger partial charge < -0.3 is 9.88 Å². The van der Waals surface area contributed by atoms with E-state index in [1.54, 1.807) is 29.8 Å². The van der Waals surface area contributed by atoms with Crippen molar-refractivity contribution in [2.75, 3.05) is 6.54 Å². The number of carbonyl (C=O) groups is 1. The summed E-state index contributed by atoms with van der Waals surface area (Å²) in [4.78, 5) is 18.1. The molecule has 5 rings (SSSR count).